The molecule has 0 aliphatic heterocycles. The van der Waals surface area contributed by atoms with Crippen molar-refractivity contribution in [2.75, 3.05) is 14.2 Å². The third-order valence-electron chi connectivity index (χ3n) is 4.78. The molecule has 3 rings (SSSR count). The molecule has 0 aromatic heterocycles. The summed E-state index contributed by atoms with van der Waals surface area (Å²) in [7, 11) is 2.75. The number of carbonyl (C=O) groups is 2. The topological polar surface area (TPSA) is 61.8 Å². The molecule has 0 saturated carbocycles. The zero-order valence-corrected chi connectivity index (χ0v) is 18.3. The maximum absolute atomic E-state index is 13.8. The van der Waals surface area contributed by atoms with Crippen molar-refractivity contribution in [1.82, 2.24) is 0 Å². The number of rotatable bonds is 9. The highest BCUT2D eigenvalue weighted by Crippen LogP contribution is 2.23. The van der Waals surface area contributed by atoms with Crippen molar-refractivity contribution in [1.29, 1.82) is 0 Å². The van der Waals surface area contributed by atoms with Crippen molar-refractivity contribution in [3.8, 4) is 5.75 Å². The average Bonchev–Trinajstić information content (AvgIpc) is 2.85. The number of hydrogen-bond donors (Lipinski definition) is 0. The van der Waals surface area contributed by atoms with Crippen molar-refractivity contribution in [3.05, 3.63) is 113 Å². The smallest absolute Gasteiger partial charge is 0.341 e. The van der Waals surface area contributed by atoms with Crippen LogP contribution in [0.4, 0.5) is 4.39 Å². The molecule has 6 heteroatoms. The van der Waals surface area contributed by atoms with Crippen molar-refractivity contribution >= 4 is 23.4 Å². The Morgan fingerprint density at radius 1 is 0.939 bits per heavy atom. The Balaban J connectivity index is 1.76. The van der Waals surface area contributed by atoms with Crippen LogP contribution in [0.1, 0.15) is 27.0 Å². The van der Waals surface area contributed by atoms with E-state index in [-0.39, 0.29) is 18.0 Å². The maximum Gasteiger partial charge on any atom is 0.341 e. The normalized spacial score (nSPS) is 11.3. The van der Waals surface area contributed by atoms with Crippen LogP contribution in [0.3, 0.4) is 0 Å². The van der Waals surface area contributed by atoms with Crippen LogP contribution >= 0.6 is 0 Å². The van der Waals surface area contributed by atoms with Crippen LogP contribution in [0, 0.1) is 5.82 Å². The summed E-state index contributed by atoms with van der Waals surface area (Å²) in [6, 6.07) is 20.2. The zero-order valence-electron chi connectivity index (χ0n) is 18.3. The van der Waals surface area contributed by atoms with E-state index in [0.29, 0.717) is 22.4 Å². The molecule has 33 heavy (non-hydrogen) atoms. The molecule has 168 valence electrons. The minimum absolute atomic E-state index is 0.150. The highest BCUT2D eigenvalue weighted by molar-refractivity contribution is 6.16. The number of benzene rings is 3. The Kier molecular flexibility index (Phi) is 8.13. The fourth-order valence-corrected chi connectivity index (χ4v) is 3.13. The number of ether oxygens (including phenoxy) is 3. The van der Waals surface area contributed by atoms with Crippen LogP contribution < -0.4 is 4.74 Å². The highest BCUT2D eigenvalue weighted by Gasteiger charge is 2.17. The Bertz CT molecular complexity index is 1200. The predicted octanol–water partition coefficient (Wildman–Crippen LogP) is 5.46. The molecule has 0 heterocycles. The standard InChI is InChI=1S/C27H23FO5/c1-31-18-24(27(30)32-2)23-12-5-3-9-21(23)17-33-22-11-7-10-20(16-22)26(29)15-14-19-8-4-6-13-25(19)28/h3-16,18H,17H2,1-2H3/b15-14+,24-18+. The summed E-state index contributed by atoms with van der Waals surface area (Å²) in [4.78, 5) is 24.7. The van der Waals surface area contributed by atoms with Gasteiger partial charge in [-0.05, 0) is 41.5 Å². The van der Waals surface area contributed by atoms with Gasteiger partial charge in [-0.3, -0.25) is 4.79 Å². The van der Waals surface area contributed by atoms with E-state index >= 15 is 0 Å². The molecule has 0 fully saturated rings. The third-order valence-corrected chi connectivity index (χ3v) is 4.78. The summed E-state index contributed by atoms with van der Waals surface area (Å²) in [6.07, 6.45) is 4.09. The summed E-state index contributed by atoms with van der Waals surface area (Å²) in [5.41, 5.74) is 2.36. The van der Waals surface area contributed by atoms with Gasteiger partial charge in [-0.15, -0.1) is 0 Å². The minimum Gasteiger partial charge on any atom is -0.503 e. The first-order valence-corrected chi connectivity index (χ1v) is 10.1. The summed E-state index contributed by atoms with van der Waals surface area (Å²) in [5, 5.41) is 0. The van der Waals surface area contributed by atoms with Gasteiger partial charge < -0.3 is 14.2 Å². The molecule has 0 amide bonds. The van der Waals surface area contributed by atoms with Crippen molar-refractivity contribution in [2.45, 2.75) is 6.61 Å². The Morgan fingerprint density at radius 3 is 2.45 bits per heavy atom. The maximum atomic E-state index is 13.8. The van der Waals surface area contributed by atoms with Gasteiger partial charge in [0.15, 0.2) is 5.78 Å². The molecule has 0 atom stereocenters. The molecule has 5 nitrogen and oxygen atoms in total. The van der Waals surface area contributed by atoms with Crippen LogP contribution in [-0.2, 0) is 20.9 Å². The van der Waals surface area contributed by atoms with Gasteiger partial charge in [0, 0.05) is 11.1 Å². The van der Waals surface area contributed by atoms with Gasteiger partial charge in [0.25, 0.3) is 0 Å². The first kappa shape index (κ1) is 23.5. The number of methoxy groups -OCH3 is 2. The largest absolute Gasteiger partial charge is 0.503 e. The lowest BCUT2D eigenvalue weighted by atomic mass is 10.0. The van der Waals surface area contributed by atoms with Gasteiger partial charge in [0.1, 0.15) is 23.7 Å². The Morgan fingerprint density at radius 2 is 1.70 bits per heavy atom. The van der Waals surface area contributed by atoms with E-state index < -0.39 is 11.8 Å². The summed E-state index contributed by atoms with van der Waals surface area (Å²) >= 11 is 0. The van der Waals surface area contributed by atoms with Gasteiger partial charge in [-0.25, -0.2) is 9.18 Å². The van der Waals surface area contributed by atoms with Crippen LogP contribution in [0.2, 0.25) is 0 Å². The van der Waals surface area contributed by atoms with Gasteiger partial charge in [-0.2, -0.15) is 0 Å². The molecule has 0 aliphatic rings. The number of carbonyl (C=O) groups excluding carboxylic acids is 2. The molecular weight excluding hydrogens is 423 g/mol. The fourth-order valence-electron chi connectivity index (χ4n) is 3.13. The van der Waals surface area contributed by atoms with E-state index in [2.05, 4.69) is 0 Å². The summed E-state index contributed by atoms with van der Waals surface area (Å²) in [6.45, 7) is 0.150. The predicted molar refractivity (Wildman–Crippen MR) is 124 cm³/mol. The van der Waals surface area contributed by atoms with Crippen LogP contribution in [-0.4, -0.2) is 26.0 Å². The average molecular weight is 446 g/mol. The van der Waals surface area contributed by atoms with E-state index in [9.17, 15) is 14.0 Å². The molecule has 0 radical (unpaired) electrons. The quantitative estimate of drug-likeness (QED) is 0.189. The number of esters is 1. The first-order valence-electron chi connectivity index (χ1n) is 10.1. The SMILES string of the molecule is CO/C=C(/C(=O)OC)c1ccccc1COc1cccc(C(=O)/C=C/c2ccccc2F)c1. The lowest BCUT2D eigenvalue weighted by Crippen LogP contribution is -2.08. The van der Waals surface area contributed by atoms with Crippen molar-refractivity contribution in [3.63, 3.8) is 0 Å². The zero-order chi connectivity index (χ0) is 23.6. The second-order valence-electron chi connectivity index (χ2n) is 6.95. The van der Waals surface area contributed by atoms with E-state index in [0.717, 1.165) is 5.56 Å². The second-order valence-corrected chi connectivity index (χ2v) is 6.95. The molecule has 0 N–H and O–H groups in total. The lowest BCUT2D eigenvalue weighted by Gasteiger charge is -2.13. The van der Waals surface area contributed by atoms with Crippen LogP contribution in [0.5, 0.6) is 5.75 Å². The van der Waals surface area contributed by atoms with E-state index in [4.69, 9.17) is 14.2 Å². The van der Waals surface area contributed by atoms with E-state index in [1.54, 1.807) is 54.6 Å². The van der Waals surface area contributed by atoms with Crippen LogP contribution in [0.15, 0.2) is 85.1 Å². The molecular formula is C27H23FO5. The van der Waals surface area contributed by atoms with Gasteiger partial charge >= 0.3 is 5.97 Å². The van der Waals surface area contributed by atoms with Gasteiger partial charge in [0.05, 0.1) is 20.5 Å². The monoisotopic (exact) mass is 446 g/mol. The van der Waals surface area contributed by atoms with Gasteiger partial charge in [-0.1, -0.05) is 54.6 Å². The Labute approximate surface area is 191 Å². The molecule has 0 unspecified atom stereocenters. The van der Waals surface area contributed by atoms with Crippen molar-refractivity contribution < 1.29 is 28.2 Å². The fraction of sp³-hybridized carbons (Fsp3) is 0.111. The molecule has 0 saturated heterocycles. The van der Waals surface area contributed by atoms with Crippen molar-refractivity contribution in [2.24, 2.45) is 0 Å². The van der Waals surface area contributed by atoms with E-state index in [1.165, 1.54) is 38.7 Å². The molecule has 0 aliphatic carbocycles. The number of allylic oxidation sites excluding steroid dienone is 1. The van der Waals surface area contributed by atoms with Gasteiger partial charge in [0.2, 0.25) is 0 Å². The summed E-state index contributed by atoms with van der Waals surface area (Å²) in [5.74, 6) is -0.727. The Hall–Kier alpha value is -4.19. The first-order chi connectivity index (χ1) is 16.0. The van der Waals surface area contributed by atoms with E-state index in [1.807, 2.05) is 12.1 Å². The molecule has 0 bridgehead atoms. The minimum atomic E-state index is -0.529. The molecule has 3 aromatic rings. The van der Waals surface area contributed by atoms with Crippen LogP contribution in [0.25, 0.3) is 11.6 Å². The summed E-state index contributed by atoms with van der Waals surface area (Å²) < 4.78 is 29.5. The number of ketones is 1. The molecule has 0 spiro atoms. The third kappa shape index (κ3) is 6.17. The second kappa shape index (κ2) is 11.4. The lowest BCUT2D eigenvalue weighted by molar-refractivity contribution is -0.133. The number of halogens is 1. The molecule has 3 aromatic carbocycles. The highest BCUT2D eigenvalue weighted by atomic mass is 19.1. The number of hydrogen-bond acceptors (Lipinski definition) is 5.